The maximum atomic E-state index is 5.95. The van der Waals surface area contributed by atoms with Gasteiger partial charge in [-0.05, 0) is 24.5 Å². The number of halogens is 1. The number of aryl methyl sites for hydroxylation is 1. The molecule has 0 radical (unpaired) electrons. The predicted octanol–water partition coefficient (Wildman–Crippen LogP) is 3.81. The second kappa shape index (κ2) is 11.0. The van der Waals surface area contributed by atoms with Gasteiger partial charge in [-0.15, -0.1) is 24.0 Å². The molecule has 0 aliphatic rings. The van der Waals surface area contributed by atoms with Gasteiger partial charge < -0.3 is 15.8 Å². The van der Waals surface area contributed by atoms with Crippen LogP contribution in [0, 0.1) is 0 Å². The van der Waals surface area contributed by atoms with E-state index in [4.69, 9.17) is 10.5 Å². The smallest absolute Gasteiger partial charge is 0.193 e. The number of hydrogen-bond acceptors (Lipinski definition) is 2. The summed E-state index contributed by atoms with van der Waals surface area (Å²) in [5, 5.41) is 3.14. The molecule has 0 aromatic heterocycles. The molecule has 0 amide bonds. The lowest BCUT2D eigenvalue weighted by Crippen LogP contribution is -2.23. The first-order valence-electron chi connectivity index (χ1n) is 7.47. The van der Waals surface area contributed by atoms with E-state index in [9.17, 15) is 0 Å². The average molecular weight is 425 g/mol. The van der Waals surface area contributed by atoms with Gasteiger partial charge in [-0.3, -0.25) is 4.99 Å². The van der Waals surface area contributed by atoms with Gasteiger partial charge in [-0.25, -0.2) is 0 Å². The zero-order valence-electron chi connectivity index (χ0n) is 13.4. The maximum absolute atomic E-state index is 5.95. The van der Waals surface area contributed by atoms with E-state index in [0.717, 1.165) is 24.1 Å². The summed E-state index contributed by atoms with van der Waals surface area (Å²) in [5.41, 5.74) is 9.28. The summed E-state index contributed by atoms with van der Waals surface area (Å²) in [6.45, 7) is 1.25. The van der Waals surface area contributed by atoms with Crippen LogP contribution >= 0.6 is 24.0 Å². The van der Waals surface area contributed by atoms with Crippen LogP contribution in [0.1, 0.15) is 17.5 Å². The number of anilines is 1. The van der Waals surface area contributed by atoms with E-state index in [1.165, 1.54) is 5.56 Å². The van der Waals surface area contributed by atoms with Crippen molar-refractivity contribution in [2.75, 3.05) is 19.0 Å². The van der Waals surface area contributed by atoms with Crippen molar-refractivity contribution in [1.29, 1.82) is 0 Å². The van der Waals surface area contributed by atoms with Gasteiger partial charge in [0.2, 0.25) is 0 Å². The number of aliphatic imine (C=N–C) groups is 1. The third kappa shape index (κ3) is 7.00. The monoisotopic (exact) mass is 425 g/mol. The van der Waals surface area contributed by atoms with Crippen LogP contribution in [-0.2, 0) is 17.8 Å². The quantitative estimate of drug-likeness (QED) is 0.307. The molecule has 0 bridgehead atoms. The molecular weight excluding hydrogens is 401 g/mol. The van der Waals surface area contributed by atoms with Crippen LogP contribution in [0.15, 0.2) is 59.6 Å². The van der Waals surface area contributed by atoms with Gasteiger partial charge in [-0.1, -0.05) is 48.5 Å². The van der Waals surface area contributed by atoms with Crippen molar-refractivity contribution in [3.05, 3.63) is 65.7 Å². The fraction of sp³-hybridized carbons (Fsp3) is 0.278. The number of nitrogens with zero attached hydrogens (tertiary/aromatic N) is 1. The summed E-state index contributed by atoms with van der Waals surface area (Å²) in [6, 6.07) is 18.3. The van der Waals surface area contributed by atoms with Crippen LogP contribution in [0.25, 0.3) is 0 Å². The molecule has 2 aromatic carbocycles. The molecule has 0 atom stereocenters. The van der Waals surface area contributed by atoms with Crippen molar-refractivity contribution in [2.24, 2.45) is 10.7 Å². The molecule has 3 N–H and O–H groups in total. The van der Waals surface area contributed by atoms with Gasteiger partial charge in [-0.2, -0.15) is 0 Å². The molecule has 0 unspecified atom stereocenters. The number of methoxy groups -OCH3 is 1. The van der Waals surface area contributed by atoms with E-state index < -0.39 is 0 Å². The van der Waals surface area contributed by atoms with E-state index >= 15 is 0 Å². The molecule has 2 rings (SSSR count). The predicted molar refractivity (Wildman–Crippen MR) is 107 cm³/mol. The Morgan fingerprint density at radius 2 is 1.78 bits per heavy atom. The second-order valence-corrected chi connectivity index (χ2v) is 5.07. The third-order valence-electron chi connectivity index (χ3n) is 3.33. The number of rotatable bonds is 7. The Morgan fingerprint density at radius 3 is 2.52 bits per heavy atom. The molecule has 2 aromatic rings. The molecule has 0 saturated heterocycles. The summed E-state index contributed by atoms with van der Waals surface area (Å²) in [4.78, 5) is 4.38. The van der Waals surface area contributed by atoms with Crippen molar-refractivity contribution in [1.82, 2.24) is 0 Å². The zero-order chi connectivity index (χ0) is 15.6. The minimum absolute atomic E-state index is 0. The largest absolute Gasteiger partial charge is 0.380 e. The molecule has 0 aliphatic heterocycles. The highest BCUT2D eigenvalue weighted by molar-refractivity contribution is 14.0. The first kappa shape index (κ1) is 19.4. The second-order valence-electron chi connectivity index (χ2n) is 5.07. The Bertz CT molecular complexity index is 602. The topological polar surface area (TPSA) is 59.6 Å². The SMILES string of the molecule is COCc1ccccc1NC(N)=NCCCc1ccccc1.I. The summed E-state index contributed by atoms with van der Waals surface area (Å²) < 4.78 is 5.18. The van der Waals surface area contributed by atoms with E-state index in [0.29, 0.717) is 19.1 Å². The Balaban J connectivity index is 0.00000264. The van der Waals surface area contributed by atoms with Gasteiger partial charge in [0.15, 0.2) is 5.96 Å². The number of para-hydroxylation sites is 1. The van der Waals surface area contributed by atoms with Crippen molar-refractivity contribution < 1.29 is 4.74 Å². The fourth-order valence-electron chi connectivity index (χ4n) is 2.23. The number of benzene rings is 2. The van der Waals surface area contributed by atoms with E-state index in [2.05, 4.69) is 34.6 Å². The van der Waals surface area contributed by atoms with Gasteiger partial charge in [0.1, 0.15) is 0 Å². The Morgan fingerprint density at radius 1 is 1.09 bits per heavy atom. The Labute approximate surface area is 155 Å². The fourth-order valence-corrected chi connectivity index (χ4v) is 2.23. The molecule has 0 aliphatic carbocycles. The first-order valence-corrected chi connectivity index (χ1v) is 7.47. The molecule has 0 fully saturated rings. The number of ether oxygens (including phenoxy) is 1. The van der Waals surface area contributed by atoms with E-state index in [-0.39, 0.29) is 24.0 Å². The van der Waals surface area contributed by atoms with Crippen LogP contribution in [0.4, 0.5) is 5.69 Å². The highest BCUT2D eigenvalue weighted by atomic mass is 127. The van der Waals surface area contributed by atoms with Crippen molar-refractivity contribution in [3.8, 4) is 0 Å². The van der Waals surface area contributed by atoms with Gasteiger partial charge in [0.05, 0.1) is 6.61 Å². The molecule has 124 valence electrons. The lowest BCUT2D eigenvalue weighted by atomic mass is 10.1. The minimum Gasteiger partial charge on any atom is -0.380 e. The molecule has 5 heteroatoms. The minimum atomic E-state index is 0. The van der Waals surface area contributed by atoms with Gasteiger partial charge >= 0.3 is 0 Å². The lowest BCUT2D eigenvalue weighted by Gasteiger charge is -2.10. The summed E-state index contributed by atoms with van der Waals surface area (Å²) in [6.07, 6.45) is 1.99. The van der Waals surface area contributed by atoms with Crippen LogP contribution in [-0.4, -0.2) is 19.6 Å². The number of nitrogens with one attached hydrogen (secondary N) is 1. The highest BCUT2D eigenvalue weighted by Gasteiger charge is 2.02. The standard InChI is InChI=1S/C18H23N3O.HI/c1-22-14-16-11-5-6-12-17(16)21-18(19)20-13-7-10-15-8-3-2-4-9-15;/h2-6,8-9,11-12H,7,10,13-14H2,1H3,(H3,19,20,21);1H. The Kier molecular flexibility index (Phi) is 9.31. The highest BCUT2D eigenvalue weighted by Crippen LogP contribution is 2.15. The number of hydrogen-bond donors (Lipinski definition) is 2. The van der Waals surface area contributed by atoms with Crippen molar-refractivity contribution in [3.63, 3.8) is 0 Å². The van der Waals surface area contributed by atoms with Crippen molar-refractivity contribution in [2.45, 2.75) is 19.4 Å². The third-order valence-corrected chi connectivity index (χ3v) is 3.33. The molecule has 23 heavy (non-hydrogen) atoms. The molecule has 0 spiro atoms. The molecule has 4 nitrogen and oxygen atoms in total. The van der Waals surface area contributed by atoms with Gasteiger partial charge in [0, 0.05) is 24.9 Å². The first-order chi connectivity index (χ1) is 10.8. The van der Waals surface area contributed by atoms with Crippen LogP contribution in [0.3, 0.4) is 0 Å². The average Bonchev–Trinajstić information content (AvgIpc) is 2.55. The zero-order valence-corrected chi connectivity index (χ0v) is 15.7. The molecule has 0 saturated carbocycles. The Hall–Kier alpha value is -1.60. The molecule has 0 heterocycles. The molecular formula is C18H24IN3O. The van der Waals surface area contributed by atoms with Crippen LogP contribution in [0.5, 0.6) is 0 Å². The summed E-state index contributed by atoms with van der Waals surface area (Å²) >= 11 is 0. The van der Waals surface area contributed by atoms with Crippen LogP contribution < -0.4 is 11.1 Å². The number of guanidine groups is 1. The van der Waals surface area contributed by atoms with E-state index in [1.807, 2.05) is 30.3 Å². The summed E-state index contributed by atoms with van der Waals surface area (Å²) in [7, 11) is 1.68. The van der Waals surface area contributed by atoms with Crippen molar-refractivity contribution >= 4 is 35.6 Å². The summed E-state index contributed by atoms with van der Waals surface area (Å²) in [5.74, 6) is 0.441. The number of nitrogens with two attached hydrogens (primary N) is 1. The van der Waals surface area contributed by atoms with Crippen LogP contribution in [0.2, 0.25) is 0 Å². The van der Waals surface area contributed by atoms with Gasteiger partial charge in [0.25, 0.3) is 0 Å². The van der Waals surface area contributed by atoms with E-state index in [1.54, 1.807) is 7.11 Å². The maximum Gasteiger partial charge on any atom is 0.193 e. The normalized spacial score (nSPS) is 10.9. The lowest BCUT2D eigenvalue weighted by molar-refractivity contribution is 0.185.